The van der Waals surface area contributed by atoms with E-state index in [2.05, 4.69) is 66.5 Å². The van der Waals surface area contributed by atoms with Gasteiger partial charge in [-0.2, -0.15) is 5.10 Å². The second kappa shape index (κ2) is 12.0. The van der Waals surface area contributed by atoms with E-state index in [0.717, 1.165) is 36.9 Å². The summed E-state index contributed by atoms with van der Waals surface area (Å²) in [6.45, 7) is 8.27. The van der Waals surface area contributed by atoms with Crippen molar-refractivity contribution in [1.29, 1.82) is 0 Å². The molecule has 29 heavy (non-hydrogen) atoms. The Hall–Kier alpha value is -1.77. The van der Waals surface area contributed by atoms with Gasteiger partial charge in [-0.25, -0.2) is 0 Å². The number of aryl methyl sites for hydroxylation is 1. The molecule has 0 spiro atoms. The van der Waals surface area contributed by atoms with Crippen molar-refractivity contribution in [2.75, 3.05) is 27.7 Å². The van der Waals surface area contributed by atoms with Gasteiger partial charge in [0.15, 0.2) is 5.96 Å². The monoisotopic (exact) mass is 513 g/mol. The Morgan fingerprint density at radius 3 is 2.45 bits per heavy atom. The van der Waals surface area contributed by atoms with E-state index in [1.807, 2.05) is 30.9 Å². The zero-order chi connectivity index (χ0) is 20.7. The Kier molecular flexibility index (Phi) is 10.5. The van der Waals surface area contributed by atoms with Crippen LogP contribution in [-0.2, 0) is 13.6 Å². The van der Waals surface area contributed by atoms with Crippen molar-refractivity contribution in [3.63, 3.8) is 0 Å². The number of nitrogens with zero attached hydrogens (tertiary/aromatic N) is 4. The number of nitrogens with one attached hydrogen (secondary N) is 1. The third-order valence-corrected chi connectivity index (χ3v) is 5.01. The molecule has 1 aromatic heterocycles. The van der Waals surface area contributed by atoms with Crippen LogP contribution >= 0.6 is 24.0 Å². The first kappa shape index (κ1) is 25.3. The lowest BCUT2D eigenvalue weighted by Crippen LogP contribution is -2.39. The largest absolute Gasteiger partial charge is 0.497 e. The lowest BCUT2D eigenvalue weighted by Gasteiger charge is -2.23. The van der Waals surface area contributed by atoms with Gasteiger partial charge in [0.1, 0.15) is 5.75 Å². The lowest BCUT2D eigenvalue weighted by molar-refractivity contribution is 0.414. The smallest absolute Gasteiger partial charge is 0.193 e. The van der Waals surface area contributed by atoms with Gasteiger partial charge in [-0.15, -0.1) is 24.0 Å². The van der Waals surface area contributed by atoms with Crippen LogP contribution in [0, 0.1) is 0 Å². The minimum absolute atomic E-state index is 0. The summed E-state index contributed by atoms with van der Waals surface area (Å²) in [7, 11) is 7.57. The number of hydrogen-bond donors (Lipinski definition) is 1. The molecule has 162 valence electrons. The molecular weight excluding hydrogens is 477 g/mol. The lowest BCUT2D eigenvalue weighted by atomic mass is 9.98. The molecule has 0 aliphatic heterocycles. The summed E-state index contributed by atoms with van der Waals surface area (Å²) in [4.78, 5) is 6.60. The van der Waals surface area contributed by atoms with Gasteiger partial charge < -0.3 is 15.0 Å². The van der Waals surface area contributed by atoms with Gasteiger partial charge in [-0.05, 0) is 36.0 Å². The van der Waals surface area contributed by atoms with Crippen molar-refractivity contribution in [3.8, 4) is 5.75 Å². The van der Waals surface area contributed by atoms with E-state index in [4.69, 9.17) is 4.74 Å². The highest BCUT2D eigenvalue weighted by Gasteiger charge is 2.15. The Morgan fingerprint density at radius 2 is 1.90 bits per heavy atom. The van der Waals surface area contributed by atoms with Crippen LogP contribution in [0.4, 0.5) is 0 Å². The fourth-order valence-corrected chi connectivity index (χ4v) is 3.38. The molecule has 0 radical (unpaired) electrons. The SMILES string of the molecule is CN=C(NCCC(C)c1ccc(OC)cc1)N(C)Cc1cn(C)nc1C(C)C.I. The molecule has 1 aromatic carbocycles. The third kappa shape index (κ3) is 7.21. The molecule has 0 saturated heterocycles. The molecule has 1 atom stereocenters. The van der Waals surface area contributed by atoms with Gasteiger partial charge in [-0.1, -0.05) is 32.9 Å². The number of benzene rings is 1. The van der Waals surface area contributed by atoms with Crippen molar-refractivity contribution in [2.24, 2.45) is 12.0 Å². The van der Waals surface area contributed by atoms with Crippen LogP contribution < -0.4 is 10.1 Å². The van der Waals surface area contributed by atoms with E-state index < -0.39 is 0 Å². The van der Waals surface area contributed by atoms with Crippen LogP contribution in [0.2, 0.25) is 0 Å². The van der Waals surface area contributed by atoms with Gasteiger partial charge in [-0.3, -0.25) is 9.67 Å². The van der Waals surface area contributed by atoms with Crippen LogP contribution in [0.1, 0.15) is 55.8 Å². The molecule has 0 aliphatic carbocycles. The summed E-state index contributed by atoms with van der Waals surface area (Å²) < 4.78 is 7.13. The Morgan fingerprint density at radius 1 is 1.24 bits per heavy atom. The van der Waals surface area contributed by atoms with Crippen molar-refractivity contribution in [1.82, 2.24) is 20.0 Å². The predicted octanol–water partition coefficient (Wildman–Crippen LogP) is 4.37. The van der Waals surface area contributed by atoms with E-state index in [9.17, 15) is 0 Å². The van der Waals surface area contributed by atoms with Crippen molar-refractivity contribution < 1.29 is 4.74 Å². The average molecular weight is 513 g/mol. The maximum Gasteiger partial charge on any atom is 0.193 e. The summed E-state index contributed by atoms with van der Waals surface area (Å²) in [5, 5.41) is 8.09. The van der Waals surface area contributed by atoms with Gasteiger partial charge in [0.25, 0.3) is 0 Å². The molecule has 0 saturated carbocycles. The average Bonchev–Trinajstić information content (AvgIpc) is 3.05. The quantitative estimate of drug-likeness (QED) is 0.324. The molecule has 0 bridgehead atoms. The maximum atomic E-state index is 5.24. The summed E-state index contributed by atoms with van der Waals surface area (Å²) >= 11 is 0. The van der Waals surface area contributed by atoms with E-state index in [1.165, 1.54) is 11.1 Å². The van der Waals surface area contributed by atoms with E-state index in [-0.39, 0.29) is 24.0 Å². The number of methoxy groups -OCH3 is 1. The number of halogens is 1. The topological polar surface area (TPSA) is 54.7 Å². The third-order valence-electron chi connectivity index (χ3n) is 5.01. The van der Waals surface area contributed by atoms with Crippen molar-refractivity contribution in [3.05, 3.63) is 47.3 Å². The fourth-order valence-electron chi connectivity index (χ4n) is 3.38. The molecule has 6 nitrogen and oxygen atoms in total. The number of rotatable bonds is 8. The van der Waals surface area contributed by atoms with Crippen LogP contribution in [0.15, 0.2) is 35.5 Å². The molecule has 0 amide bonds. The second-order valence-corrected chi connectivity index (χ2v) is 7.66. The Labute approximate surface area is 192 Å². The van der Waals surface area contributed by atoms with E-state index in [0.29, 0.717) is 11.8 Å². The van der Waals surface area contributed by atoms with Crippen molar-refractivity contribution >= 4 is 29.9 Å². The maximum absolute atomic E-state index is 5.24. The number of guanidine groups is 1. The highest BCUT2D eigenvalue weighted by Crippen LogP contribution is 2.21. The van der Waals surface area contributed by atoms with Crippen LogP contribution in [0.5, 0.6) is 5.75 Å². The van der Waals surface area contributed by atoms with Gasteiger partial charge in [0.05, 0.1) is 12.8 Å². The predicted molar refractivity (Wildman–Crippen MR) is 132 cm³/mol. The van der Waals surface area contributed by atoms with Gasteiger partial charge >= 0.3 is 0 Å². The van der Waals surface area contributed by atoms with Crippen molar-refractivity contribution in [2.45, 2.75) is 45.6 Å². The second-order valence-electron chi connectivity index (χ2n) is 7.66. The molecule has 1 heterocycles. The van der Waals surface area contributed by atoms with E-state index in [1.54, 1.807) is 7.11 Å². The van der Waals surface area contributed by atoms with Crippen LogP contribution in [0.3, 0.4) is 0 Å². The van der Waals surface area contributed by atoms with Crippen LogP contribution in [-0.4, -0.2) is 48.4 Å². The molecule has 0 aliphatic rings. The molecule has 1 N–H and O–H groups in total. The minimum Gasteiger partial charge on any atom is -0.497 e. The normalized spacial score (nSPS) is 12.5. The number of ether oxygens (including phenoxy) is 1. The first-order chi connectivity index (χ1) is 13.3. The Bertz CT molecular complexity index is 770. The molecule has 1 unspecified atom stereocenters. The minimum atomic E-state index is 0. The highest BCUT2D eigenvalue weighted by atomic mass is 127. The fraction of sp³-hybridized carbons (Fsp3) is 0.545. The van der Waals surface area contributed by atoms with E-state index >= 15 is 0 Å². The molecule has 7 heteroatoms. The standard InChI is InChI=1S/C22H35N5O.HI/c1-16(2)21-19(15-27(6)25-21)14-26(5)22(23-4)24-13-12-17(3)18-8-10-20(28-7)11-9-18;/h8-11,15-17H,12-14H2,1-7H3,(H,23,24);1H. The number of hydrogen-bond acceptors (Lipinski definition) is 3. The number of aromatic nitrogens is 2. The summed E-state index contributed by atoms with van der Waals surface area (Å²) in [5.41, 5.74) is 3.72. The first-order valence-electron chi connectivity index (χ1n) is 9.93. The zero-order valence-corrected chi connectivity index (χ0v) is 21.1. The molecular formula is C22H36IN5O. The zero-order valence-electron chi connectivity index (χ0n) is 18.8. The molecule has 0 fully saturated rings. The summed E-state index contributed by atoms with van der Waals surface area (Å²) in [6.07, 6.45) is 3.13. The summed E-state index contributed by atoms with van der Waals surface area (Å²) in [5.74, 6) is 2.67. The Balaban J connectivity index is 0.00000420. The van der Waals surface area contributed by atoms with Gasteiger partial charge in [0.2, 0.25) is 0 Å². The van der Waals surface area contributed by atoms with Crippen LogP contribution in [0.25, 0.3) is 0 Å². The first-order valence-corrected chi connectivity index (χ1v) is 9.93. The van der Waals surface area contributed by atoms with Gasteiger partial charge in [0, 0.05) is 46.0 Å². The number of aliphatic imine (C=N–C) groups is 1. The molecule has 2 aromatic rings. The summed E-state index contributed by atoms with van der Waals surface area (Å²) in [6, 6.07) is 8.32. The highest BCUT2D eigenvalue weighted by molar-refractivity contribution is 14.0. The molecule has 2 rings (SSSR count).